The van der Waals surface area contributed by atoms with Gasteiger partial charge < -0.3 is 15.0 Å². The van der Waals surface area contributed by atoms with E-state index in [-0.39, 0.29) is 12.3 Å². The van der Waals surface area contributed by atoms with Crippen molar-refractivity contribution in [3.63, 3.8) is 0 Å². The Labute approximate surface area is 75.4 Å². The highest BCUT2D eigenvalue weighted by Gasteiger charge is 2.39. The second-order valence-electron chi connectivity index (χ2n) is 3.40. The van der Waals surface area contributed by atoms with Crippen LogP contribution in [0.25, 0.3) is 0 Å². The van der Waals surface area contributed by atoms with E-state index in [1.807, 2.05) is 0 Å². The number of aliphatic hydroxyl groups is 1. The van der Waals surface area contributed by atoms with Gasteiger partial charge in [0.05, 0.1) is 0 Å². The van der Waals surface area contributed by atoms with Gasteiger partial charge in [0.15, 0.2) is 0 Å². The van der Waals surface area contributed by atoms with Crippen LogP contribution in [0.5, 0.6) is 0 Å². The first kappa shape index (κ1) is 12.3. The number of halogens is 2. The maximum absolute atomic E-state index is 12.5. The van der Waals surface area contributed by atoms with Crippen LogP contribution in [0.4, 0.5) is 8.78 Å². The third-order valence-corrected chi connectivity index (χ3v) is 1.71. The van der Waals surface area contributed by atoms with Gasteiger partial charge in [-0.1, -0.05) is 13.8 Å². The molecular formula is C8H13F2O3-. The molecule has 13 heavy (non-hydrogen) atoms. The van der Waals surface area contributed by atoms with Crippen molar-refractivity contribution in [2.24, 2.45) is 5.92 Å². The Morgan fingerprint density at radius 3 is 2.23 bits per heavy atom. The zero-order valence-electron chi connectivity index (χ0n) is 7.59. The summed E-state index contributed by atoms with van der Waals surface area (Å²) in [6, 6.07) is 0. The molecule has 0 rings (SSSR count). The van der Waals surface area contributed by atoms with E-state index in [4.69, 9.17) is 5.11 Å². The fraction of sp³-hybridized carbons (Fsp3) is 0.875. The number of carboxylic acids is 1. The third kappa shape index (κ3) is 3.67. The number of rotatable bonds is 5. The predicted octanol–water partition coefficient (Wildman–Crippen LogP) is 0.169. The Balaban J connectivity index is 4.09. The van der Waals surface area contributed by atoms with Crippen molar-refractivity contribution in [1.29, 1.82) is 0 Å². The van der Waals surface area contributed by atoms with Gasteiger partial charge in [-0.25, -0.2) is 0 Å². The van der Waals surface area contributed by atoms with Gasteiger partial charge in [0.1, 0.15) is 12.1 Å². The molecule has 0 heterocycles. The van der Waals surface area contributed by atoms with Crippen molar-refractivity contribution >= 4 is 5.97 Å². The number of carbonyl (C=O) groups excluding carboxylic acids is 1. The minimum atomic E-state index is -4.14. The van der Waals surface area contributed by atoms with E-state index >= 15 is 0 Å². The first-order valence-corrected chi connectivity index (χ1v) is 4.05. The van der Waals surface area contributed by atoms with E-state index < -0.39 is 18.0 Å². The summed E-state index contributed by atoms with van der Waals surface area (Å²) < 4.78 is 25.0. The molecule has 1 N–H and O–H groups in total. The van der Waals surface area contributed by atoms with Gasteiger partial charge in [0.25, 0.3) is 0 Å². The van der Waals surface area contributed by atoms with Gasteiger partial charge in [-0.05, 0) is 18.8 Å². The smallest absolute Gasteiger partial charge is 0.312 e. The first-order valence-electron chi connectivity index (χ1n) is 4.05. The van der Waals surface area contributed by atoms with E-state index in [2.05, 4.69) is 0 Å². The Morgan fingerprint density at radius 1 is 1.46 bits per heavy atom. The summed E-state index contributed by atoms with van der Waals surface area (Å²) in [4.78, 5) is 9.89. The Bertz CT molecular complexity index is 180. The summed E-state index contributed by atoms with van der Waals surface area (Å²) in [6.45, 7) is 3.59. The molecule has 0 radical (unpaired) electrons. The lowest BCUT2D eigenvalue weighted by Crippen LogP contribution is -2.49. The molecule has 0 spiro atoms. The lowest BCUT2D eigenvalue weighted by Gasteiger charge is -2.23. The molecule has 78 valence electrons. The number of aliphatic hydroxyl groups excluding tert-OH is 1. The van der Waals surface area contributed by atoms with Crippen molar-refractivity contribution in [2.45, 2.75) is 38.7 Å². The summed E-state index contributed by atoms with van der Waals surface area (Å²) in [5.74, 6) is -6.52. The van der Waals surface area contributed by atoms with Crippen LogP contribution < -0.4 is 5.11 Å². The average Bonchev–Trinajstić information content (AvgIpc) is 1.99. The van der Waals surface area contributed by atoms with E-state index in [0.29, 0.717) is 6.42 Å². The normalized spacial score (nSPS) is 14.6. The lowest BCUT2D eigenvalue weighted by atomic mass is 10.0. The van der Waals surface area contributed by atoms with E-state index in [0.717, 1.165) is 0 Å². The van der Waals surface area contributed by atoms with Crippen molar-refractivity contribution in [3.05, 3.63) is 0 Å². The van der Waals surface area contributed by atoms with Crippen molar-refractivity contribution in [3.8, 4) is 0 Å². The third-order valence-electron chi connectivity index (χ3n) is 1.71. The molecule has 0 aliphatic heterocycles. The number of hydrogen-bond donors (Lipinski definition) is 1. The number of carboxylic acid groups (broad SMARTS) is 1. The molecule has 0 fully saturated rings. The molecule has 0 aliphatic carbocycles. The Kier molecular flexibility index (Phi) is 4.26. The first-order chi connectivity index (χ1) is 5.78. The van der Waals surface area contributed by atoms with Crippen LogP contribution in [0.15, 0.2) is 0 Å². The van der Waals surface area contributed by atoms with E-state index in [9.17, 15) is 18.7 Å². The van der Waals surface area contributed by atoms with Crippen molar-refractivity contribution in [1.82, 2.24) is 0 Å². The second kappa shape index (κ2) is 4.50. The topological polar surface area (TPSA) is 60.4 Å². The molecule has 0 bridgehead atoms. The second-order valence-corrected chi connectivity index (χ2v) is 3.40. The van der Waals surface area contributed by atoms with E-state index in [1.165, 1.54) is 0 Å². The maximum Gasteiger partial charge on any atom is 0.312 e. The molecule has 3 nitrogen and oxygen atoms in total. The number of aliphatic carboxylic acids is 1. The van der Waals surface area contributed by atoms with Crippen LogP contribution in [0.1, 0.15) is 26.7 Å². The number of carbonyl (C=O) groups is 1. The van der Waals surface area contributed by atoms with Crippen LogP contribution >= 0.6 is 0 Å². The highest BCUT2D eigenvalue weighted by molar-refractivity contribution is 5.73. The molecule has 0 aromatic heterocycles. The van der Waals surface area contributed by atoms with Crippen LogP contribution in [-0.2, 0) is 4.79 Å². The molecule has 5 heteroatoms. The Hall–Kier alpha value is -0.710. The van der Waals surface area contributed by atoms with Gasteiger partial charge in [-0.15, -0.1) is 0 Å². The molecule has 0 aliphatic rings. The monoisotopic (exact) mass is 195 g/mol. The van der Waals surface area contributed by atoms with Crippen molar-refractivity contribution < 1.29 is 23.8 Å². The number of alkyl halides is 2. The Morgan fingerprint density at radius 2 is 1.92 bits per heavy atom. The molecule has 0 aromatic rings. The molecule has 1 atom stereocenters. The fourth-order valence-corrected chi connectivity index (χ4v) is 0.809. The molecule has 0 saturated carbocycles. The molecular weight excluding hydrogens is 182 g/mol. The summed E-state index contributed by atoms with van der Waals surface area (Å²) in [5, 5.41) is 18.7. The van der Waals surface area contributed by atoms with Gasteiger partial charge >= 0.3 is 5.92 Å². The maximum atomic E-state index is 12.5. The molecule has 0 aromatic carbocycles. The zero-order chi connectivity index (χ0) is 10.6. The summed E-state index contributed by atoms with van der Waals surface area (Å²) >= 11 is 0. The summed E-state index contributed by atoms with van der Waals surface area (Å²) in [5.41, 5.74) is 0. The van der Waals surface area contributed by atoms with Gasteiger partial charge in [-0.2, -0.15) is 8.78 Å². The highest BCUT2D eigenvalue weighted by Crippen LogP contribution is 2.22. The van der Waals surface area contributed by atoms with E-state index in [1.54, 1.807) is 13.8 Å². The zero-order valence-corrected chi connectivity index (χ0v) is 7.59. The highest BCUT2D eigenvalue weighted by atomic mass is 19.3. The molecule has 1 unspecified atom stereocenters. The largest absolute Gasteiger partial charge is 0.544 e. The van der Waals surface area contributed by atoms with Gasteiger partial charge in [0, 0.05) is 0 Å². The van der Waals surface area contributed by atoms with Gasteiger partial charge in [0.2, 0.25) is 0 Å². The lowest BCUT2D eigenvalue weighted by molar-refractivity contribution is -0.336. The van der Waals surface area contributed by atoms with Crippen LogP contribution in [0.3, 0.4) is 0 Å². The fourth-order valence-electron chi connectivity index (χ4n) is 0.809. The minimum absolute atomic E-state index is 0.146. The quantitative estimate of drug-likeness (QED) is 0.680. The van der Waals surface area contributed by atoms with Crippen LogP contribution in [0, 0.1) is 5.92 Å². The summed E-state index contributed by atoms with van der Waals surface area (Å²) in [6.07, 6.45) is -2.04. The molecule has 0 amide bonds. The molecule has 0 saturated heterocycles. The predicted molar refractivity (Wildman–Crippen MR) is 40.0 cm³/mol. The minimum Gasteiger partial charge on any atom is -0.544 e. The SMILES string of the molecule is CC(C)CCC(O)C(F)(F)C(=O)[O-]. The standard InChI is InChI=1S/C8H14F2O3/c1-5(2)3-4-6(11)8(9,10)7(12)13/h5-6,11H,3-4H2,1-2H3,(H,12,13)/p-1. The van der Waals surface area contributed by atoms with Crippen molar-refractivity contribution in [2.75, 3.05) is 0 Å². The summed E-state index contributed by atoms with van der Waals surface area (Å²) in [7, 11) is 0. The van der Waals surface area contributed by atoms with Gasteiger partial charge in [-0.3, -0.25) is 0 Å². The van der Waals surface area contributed by atoms with Crippen LogP contribution in [0.2, 0.25) is 0 Å². The van der Waals surface area contributed by atoms with Crippen LogP contribution in [-0.4, -0.2) is 23.1 Å². The average molecular weight is 195 g/mol. The number of hydrogen-bond acceptors (Lipinski definition) is 3.